The van der Waals surface area contributed by atoms with Crippen molar-refractivity contribution >= 4 is 41.3 Å². The van der Waals surface area contributed by atoms with Crippen molar-refractivity contribution in [3.8, 4) is 0 Å². The van der Waals surface area contributed by atoms with Crippen molar-refractivity contribution < 1.29 is 55.7 Å². The molecule has 5 N–H and O–H groups in total. The Morgan fingerprint density at radius 2 is 2.29 bits per heavy atom. The highest BCUT2D eigenvalue weighted by Gasteiger charge is 2.85. The fraction of sp³-hybridized carbons (Fsp3) is 0.545. The van der Waals surface area contributed by atoms with Crippen molar-refractivity contribution in [1.82, 2.24) is 19.5 Å². The highest BCUT2D eigenvalue weighted by Crippen LogP contribution is 2.91. The number of hydrogen-bond acceptors (Lipinski definition) is 16. The summed E-state index contributed by atoms with van der Waals surface area (Å²) >= 11 is 0. The molecule has 5 rings (SSSR count). The van der Waals surface area contributed by atoms with Gasteiger partial charge < -0.3 is 15.2 Å². The molecule has 3 saturated heterocycles. The third-order valence-corrected chi connectivity index (χ3v) is 9.60. The molecule has 0 radical (unpaired) electrons. The summed E-state index contributed by atoms with van der Waals surface area (Å²) in [7, 11) is -13.0. The van der Waals surface area contributed by atoms with E-state index in [1.54, 1.807) is 0 Å². The Kier molecular flexibility index (Phi) is 6.52. The molecule has 1 spiro atoms. The van der Waals surface area contributed by atoms with E-state index in [9.17, 15) is 19.1 Å². The lowest BCUT2D eigenvalue weighted by molar-refractivity contribution is -0.162. The number of nitrogens with two attached hydrogens (primary N) is 1. The predicted octanol–water partition coefficient (Wildman–Crippen LogP) is 1.06. The molecule has 3 aliphatic rings. The number of hydrogen-bond donors (Lipinski definition) is 4. The third-order valence-electron chi connectivity index (χ3n) is 4.60. The number of nitrogens with zero attached hydrogens (tertiary/aromatic N) is 6. The van der Waals surface area contributed by atoms with Gasteiger partial charge >= 0.3 is 24.2 Å². The Morgan fingerprint density at radius 3 is 3.03 bits per heavy atom. The molecule has 21 nitrogen and oxygen atoms in total. The number of anilines is 1. The maximum absolute atomic E-state index is 12.1. The predicted molar refractivity (Wildman–Crippen MR) is 108 cm³/mol. The van der Waals surface area contributed by atoms with Gasteiger partial charge in [-0.1, -0.05) is 9.79 Å². The number of phosphoric acid groups is 1. The van der Waals surface area contributed by atoms with Gasteiger partial charge in [0, 0.05) is 16.0 Å². The van der Waals surface area contributed by atoms with Gasteiger partial charge in [-0.2, -0.15) is 9.88 Å². The van der Waals surface area contributed by atoms with E-state index >= 15 is 0 Å². The molecule has 0 bridgehead atoms. The van der Waals surface area contributed by atoms with Crippen LogP contribution in [0.25, 0.3) is 21.6 Å². The number of imidazole rings is 1. The second-order valence-electron chi connectivity index (χ2n) is 6.85. The van der Waals surface area contributed by atoms with Crippen molar-refractivity contribution in [3.05, 3.63) is 27.1 Å². The molecule has 6 atom stereocenters. The molecule has 2 aromatic rings. The smallest absolute Gasteiger partial charge is 0.369 e. The number of fused-ring (bicyclic) bond motifs is 1. The number of aromatic amines is 1. The van der Waals surface area contributed by atoms with E-state index in [-0.39, 0.29) is 30.3 Å². The molecule has 0 saturated carbocycles. The zero-order valence-electron chi connectivity index (χ0n) is 16.9. The topological polar surface area (TPSA) is 279 Å². The Morgan fingerprint density at radius 1 is 1.46 bits per heavy atom. The van der Waals surface area contributed by atoms with Crippen LogP contribution in [0.5, 0.6) is 0 Å². The summed E-state index contributed by atoms with van der Waals surface area (Å²) in [6, 6.07) is 0. The van der Waals surface area contributed by atoms with Crippen molar-refractivity contribution in [2.24, 2.45) is 5.11 Å². The van der Waals surface area contributed by atoms with E-state index in [0.29, 0.717) is 0 Å². The van der Waals surface area contributed by atoms with Crippen molar-refractivity contribution in [1.29, 1.82) is 0 Å². The Labute approximate surface area is 193 Å². The highest BCUT2D eigenvalue weighted by atomic mass is 31.3. The molecular formula is C11H15N8O13P3+2. The number of nitrogens with one attached hydrogen (secondary N) is 1. The van der Waals surface area contributed by atoms with E-state index in [1.807, 2.05) is 0 Å². The van der Waals surface area contributed by atoms with Crippen LogP contribution in [0.3, 0.4) is 0 Å². The van der Waals surface area contributed by atoms with Crippen molar-refractivity contribution in [2.75, 3.05) is 19.1 Å². The Balaban J connectivity index is 1.31. The van der Waals surface area contributed by atoms with E-state index in [0.717, 1.165) is 0 Å². The van der Waals surface area contributed by atoms with Gasteiger partial charge in [0.25, 0.3) is 5.56 Å². The lowest BCUT2D eigenvalue weighted by Crippen LogP contribution is -2.29. The summed E-state index contributed by atoms with van der Waals surface area (Å²) in [5.41, 5.74) is 13.7. The molecular weight excluding hydrogens is 545 g/mol. The standard InChI is InChI=1S/C11H13N8O13P3/c12-11-16-9-8(10(20)17-11)14-3-19(9)7-1-5(24-4-15-18-13)6(26-7)2-25-34(23)28-30-35(32-34)29-27-33(21,22)31-35/h3,5-7,23H,1-2,4H2,(H2-2,12,16,17,20,21,22)/p+2/t5-,6-,7-,34?,35?/m1/s1. The quantitative estimate of drug-likeness (QED) is 0.121. The molecule has 5 heterocycles. The largest absolute Gasteiger partial charge is 0.698 e. The third kappa shape index (κ3) is 5.03. The van der Waals surface area contributed by atoms with Crippen LogP contribution in [0.1, 0.15) is 12.6 Å². The van der Waals surface area contributed by atoms with Gasteiger partial charge in [0.05, 0.1) is 21.8 Å². The second-order valence-corrected chi connectivity index (χ2v) is 11.8. The average molecular weight is 560 g/mol. The average Bonchev–Trinajstić information content (AvgIpc) is 3.53. The summed E-state index contributed by atoms with van der Waals surface area (Å²) in [5, 5.41) is 3.31. The van der Waals surface area contributed by atoms with Crippen molar-refractivity contribution in [2.45, 2.75) is 24.9 Å². The number of ether oxygens (including phenoxy) is 2. The molecule has 0 aliphatic carbocycles. The zero-order valence-corrected chi connectivity index (χ0v) is 19.6. The minimum Gasteiger partial charge on any atom is -0.369 e. The lowest BCUT2D eigenvalue weighted by atomic mass is 10.2. The summed E-state index contributed by atoms with van der Waals surface area (Å²) in [5.74, 6) is -0.133. The van der Waals surface area contributed by atoms with Gasteiger partial charge in [0.2, 0.25) is 5.95 Å². The summed E-state index contributed by atoms with van der Waals surface area (Å²) < 4.78 is 56.7. The van der Waals surface area contributed by atoms with E-state index in [4.69, 9.17) is 29.6 Å². The monoisotopic (exact) mass is 560 g/mol. The first-order chi connectivity index (χ1) is 16.6. The minimum absolute atomic E-state index is 0.0217. The van der Waals surface area contributed by atoms with E-state index in [2.05, 4.69) is 48.0 Å². The number of H-pyrrole nitrogens is 1. The van der Waals surface area contributed by atoms with Crippen LogP contribution in [0.4, 0.5) is 5.95 Å². The Hall–Kier alpha value is -1.89. The number of aromatic nitrogens is 4. The molecule has 0 amide bonds. The first-order valence-electron chi connectivity index (χ1n) is 9.28. The first-order valence-corrected chi connectivity index (χ1v) is 13.7. The molecule has 35 heavy (non-hydrogen) atoms. The second kappa shape index (κ2) is 9.20. The molecule has 24 heteroatoms. The fourth-order valence-corrected chi connectivity index (χ4v) is 8.23. The normalized spacial score (nSPS) is 36.8. The van der Waals surface area contributed by atoms with E-state index < -0.39 is 54.8 Å². The number of nitrogen functional groups attached to an aromatic ring is 1. The Bertz CT molecular complexity index is 1290. The zero-order chi connectivity index (χ0) is 24.8. The molecule has 2 aromatic heterocycles. The van der Waals surface area contributed by atoms with Crippen LogP contribution in [0.2, 0.25) is 0 Å². The van der Waals surface area contributed by atoms with Gasteiger partial charge in [-0.3, -0.25) is 19.2 Å². The minimum atomic E-state index is -4.63. The highest BCUT2D eigenvalue weighted by molar-refractivity contribution is 7.76. The van der Waals surface area contributed by atoms with Crippen LogP contribution in [0.15, 0.2) is 16.2 Å². The summed E-state index contributed by atoms with van der Waals surface area (Å²) in [6.45, 7) is -0.788. The van der Waals surface area contributed by atoms with Gasteiger partial charge in [0.1, 0.15) is 30.0 Å². The maximum Gasteiger partial charge on any atom is 0.698 e. The van der Waals surface area contributed by atoms with Crippen LogP contribution in [-0.2, 0) is 45.9 Å². The maximum atomic E-state index is 12.1. The SMILES string of the molecule is [N-]=[N+]=NCO[C@@H]1C[C@H](n2cnc3c(=O)[nH]c(N)nc32)O[C@@H]1CO[P+]1(O)OO[P+]2(OOP(=O)(O)O2)O1. The lowest BCUT2D eigenvalue weighted by Gasteiger charge is -2.16. The van der Waals surface area contributed by atoms with Crippen molar-refractivity contribution in [3.63, 3.8) is 0 Å². The molecule has 190 valence electrons. The number of azide groups is 1. The van der Waals surface area contributed by atoms with Crippen LogP contribution >= 0.6 is 24.2 Å². The molecule has 3 fully saturated rings. The molecule has 0 aromatic carbocycles. The molecule has 3 unspecified atom stereocenters. The van der Waals surface area contributed by atoms with E-state index in [1.165, 1.54) is 10.9 Å². The summed E-state index contributed by atoms with van der Waals surface area (Å²) in [4.78, 5) is 44.7. The van der Waals surface area contributed by atoms with Gasteiger partial charge in [-0.15, -0.1) is 4.52 Å². The summed E-state index contributed by atoms with van der Waals surface area (Å²) in [6.07, 6.45) is -1.02. The van der Waals surface area contributed by atoms with Crippen LogP contribution < -0.4 is 11.3 Å². The number of rotatable bonds is 7. The van der Waals surface area contributed by atoms with Crippen LogP contribution in [-0.4, -0.2) is 54.9 Å². The van der Waals surface area contributed by atoms with Crippen LogP contribution in [0, 0.1) is 0 Å². The fourth-order valence-electron chi connectivity index (χ4n) is 3.25. The van der Waals surface area contributed by atoms with Gasteiger partial charge in [-0.05, 0) is 9.84 Å². The van der Waals surface area contributed by atoms with Gasteiger partial charge in [0.15, 0.2) is 11.2 Å². The first kappa shape index (κ1) is 24.8. The molecule has 3 aliphatic heterocycles. The van der Waals surface area contributed by atoms with Gasteiger partial charge in [-0.25, -0.2) is 9.55 Å².